The first-order valence-corrected chi connectivity index (χ1v) is 11.4. The number of quaternary nitrogens is 1. The van der Waals surface area contributed by atoms with E-state index >= 15 is 0 Å². The summed E-state index contributed by atoms with van der Waals surface area (Å²) in [6.45, 7) is 9.11. The number of benzene rings is 1. The highest BCUT2D eigenvalue weighted by Gasteiger charge is 2.27. The molecule has 3 aromatic rings. The molecular formula is C21H25N4OS2+. The average Bonchev–Trinajstić information content (AvgIpc) is 3.19. The predicted molar refractivity (Wildman–Crippen MR) is 116 cm³/mol. The number of nitrogens with zero attached hydrogens (tertiary/aromatic N) is 3. The monoisotopic (exact) mass is 413 g/mol. The van der Waals surface area contributed by atoms with Crippen molar-refractivity contribution < 1.29 is 9.69 Å². The molecule has 4 rings (SSSR count). The average molecular weight is 414 g/mol. The molecule has 0 radical (unpaired) electrons. The number of piperazine rings is 1. The van der Waals surface area contributed by atoms with E-state index in [1.165, 1.54) is 10.4 Å². The minimum absolute atomic E-state index is 0.152. The second kappa shape index (κ2) is 8.59. The third-order valence-corrected chi connectivity index (χ3v) is 7.47. The molecule has 3 heterocycles. The van der Waals surface area contributed by atoms with Crippen LogP contribution in [-0.2, 0) is 4.79 Å². The molecule has 1 atom stereocenters. The van der Waals surface area contributed by atoms with Gasteiger partial charge in [0.15, 0.2) is 0 Å². The topological polar surface area (TPSA) is 50.5 Å². The van der Waals surface area contributed by atoms with Gasteiger partial charge in [0.25, 0.3) is 0 Å². The van der Waals surface area contributed by atoms with Crippen LogP contribution in [0.3, 0.4) is 0 Å². The third-order valence-electron chi connectivity index (χ3n) is 5.27. The van der Waals surface area contributed by atoms with Crippen LogP contribution in [0.5, 0.6) is 0 Å². The van der Waals surface area contributed by atoms with Crippen molar-refractivity contribution in [2.45, 2.75) is 24.1 Å². The van der Waals surface area contributed by atoms with E-state index in [-0.39, 0.29) is 11.2 Å². The highest BCUT2D eigenvalue weighted by molar-refractivity contribution is 8.00. The van der Waals surface area contributed by atoms with Gasteiger partial charge in [0.1, 0.15) is 16.2 Å². The molecule has 28 heavy (non-hydrogen) atoms. The van der Waals surface area contributed by atoms with Gasteiger partial charge in [-0.3, -0.25) is 4.79 Å². The summed E-state index contributed by atoms with van der Waals surface area (Å²) < 4.78 is 0. The minimum atomic E-state index is -0.152. The van der Waals surface area contributed by atoms with Crippen molar-refractivity contribution >= 4 is 39.2 Å². The maximum Gasteiger partial charge on any atom is 0.236 e. The fourth-order valence-corrected chi connectivity index (χ4v) is 5.59. The van der Waals surface area contributed by atoms with E-state index in [4.69, 9.17) is 0 Å². The molecule has 0 unspecified atom stereocenters. The van der Waals surface area contributed by atoms with E-state index in [0.717, 1.165) is 48.0 Å². The number of hydrogen-bond acceptors (Lipinski definition) is 5. The SMILES string of the molecule is CC[NH+]1CCN(C(=O)[C@@H](C)Sc2ncnc3sc(-c4ccccc4)cc23)CC1. The van der Waals surface area contributed by atoms with E-state index in [9.17, 15) is 4.79 Å². The van der Waals surface area contributed by atoms with Crippen LogP contribution in [-0.4, -0.2) is 58.7 Å². The Kier molecular flexibility index (Phi) is 5.94. The Morgan fingerprint density at radius 3 is 2.71 bits per heavy atom. The lowest BCUT2D eigenvalue weighted by atomic mass is 10.2. The first kappa shape index (κ1) is 19.4. The largest absolute Gasteiger partial charge is 0.332 e. The summed E-state index contributed by atoms with van der Waals surface area (Å²) in [5, 5.41) is 1.78. The number of rotatable bonds is 5. The van der Waals surface area contributed by atoms with Crippen LogP contribution in [0.15, 0.2) is 47.8 Å². The van der Waals surface area contributed by atoms with Crippen molar-refractivity contribution in [1.82, 2.24) is 14.9 Å². The van der Waals surface area contributed by atoms with Gasteiger partial charge in [-0.25, -0.2) is 9.97 Å². The van der Waals surface area contributed by atoms with Gasteiger partial charge >= 0.3 is 0 Å². The van der Waals surface area contributed by atoms with Gasteiger partial charge in [0.2, 0.25) is 5.91 Å². The molecule has 2 aromatic heterocycles. The predicted octanol–water partition coefficient (Wildman–Crippen LogP) is 2.59. The molecule has 1 saturated heterocycles. The first-order chi connectivity index (χ1) is 13.7. The molecule has 0 saturated carbocycles. The minimum Gasteiger partial charge on any atom is -0.332 e. The maximum absolute atomic E-state index is 12.9. The van der Waals surface area contributed by atoms with Gasteiger partial charge in [-0.2, -0.15) is 0 Å². The number of fused-ring (bicyclic) bond motifs is 1. The second-order valence-electron chi connectivity index (χ2n) is 7.06. The van der Waals surface area contributed by atoms with Gasteiger partial charge in [-0.05, 0) is 25.5 Å². The van der Waals surface area contributed by atoms with Crippen LogP contribution in [0.2, 0.25) is 0 Å². The number of carbonyl (C=O) groups excluding carboxylic acids is 1. The third kappa shape index (κ3) is 4.06. The Morgan fingerprint density at radius 1 is 1.25 bits per heavy atom. The number of aromatic nitrogens is 2. The summed E-state index contributed by atoms with van der Waals surface area (Å²) >= 11 is 3.22. The number of thioether (sulfide) groups is 1. The molecule has 1 aromatic carbocycles. The molecular weight excluding hydrogens is 388 g/mol. The fraction of sp³-hybridized carbons (Fsp3) is 0.381. The maximum atomic E-state index is 12.9. The summed E-state index contributed by atoms with van der Waals surface area (Å²) in [7, 11) is 0. The summed E-state index contributed by atoms with van der Waals surface area (Å²) in [6, 6.07) is 12.5. The zero-order chi connectivity index (χ0) is 19.5. The molecule has 0 spiro atoms. The summed E-state index contributed by atoms with van der Waals surface area (Å²) in [5.41, 5.74) is 1.18. The lowest BCUT2D eigenvalue weighted by Crippen LogP contribution is -3.14. The number of likely N-dealkylation sites (N-methyl/N-ethyl adjacent to an activating group) is 1. The van der Waals surface area contributed by atoms with Gasteiger partial charge in [-0.15, -0.1) is 11.3 Å². The Hall–Kier alpha value is -1.96. The molecule has 146 valence electrons. The smallest absolute Gasteiger partial charge is 0.236 e. The van der Waals surface area contributed by atoms with Crippen LogP contribution in [0.4, 0.5) is 0 Å². The first-order valence-electron chi connectivity index (χ1n) is 9.74. The van der Waals surface area contributed by atoms with Crippen LogP contribution >= 0.6 is 23.1 Å². The van der Waals surface area contributed by atoms with Crippen LogP contribution in [0.1, 0.15) is 13.8 Å². The molecule has 0 bridgehead atoms. The van der Waals surface area contributed by atoms with Crippen molar-refractivity contribution in [2.24, 2.45) is 0 Å². The second-order valence-corrected chi connectivity index (χ2v) is 9.42. The molecule has 1 aliphatic heterocycles. The van der Waals surface area contributed by atoms with Gasteiger partial charge in [-0.1, -0.05) is 42.1 Å². The van der Waals surface area contributed by atoms with E-state index in [1.807, 2.05) is 30.0 Å². The Labute approximate surface area is 173 Å². The Bertz CT molecular complexity index is 951. The van der Waals surface area contributed by atoms with Crippen molar-refractivity contribution in [3.05, 3.63) is 42.7 Å². The zero-order valence-corrected chi connectivity index (χ0v) is 17.9. The molecule has 1 amide bonds. The zero-order valence-electron chi connectivity index (χ0n) is 16.2. The summed E-state index contributed by atoms with van der Waals surface area (Å²) in [4.78, 5) is 27.6. The molecule has 1 aliphatic rings. The summed E-state index contributed by atoms with van der Waals surface area (Å²) in [5.74, 6) is 0.213. The van der Waals surface area contributed by atoms with E-state index in [2.05, 4.69) is 35.1 Å². The van der Waals surface area contributed by atoms with Gasteiger partial charge < -0.3 is 9.80 Å². The van der Waals surface area contributed by atoms with Crippen molar-refractivity contribution in [3.8, 4) is 10.4 Å². The van der Waals surface area contributed by atoms with Gasteiger partial charge in [0.05, 0.1) is 38.0 Å². The van der Waals surface area contributed by atoms with Crippen molar-refractivity contribution in [1.29, 1.82) is 0 Å². The number of hydrogen-bond donors (Lipinski definition) is 1. The lowest BCUT2D eigenvalue weighted by Gasteiger charge is -2.32. The van der Waals surface area contributed by atoms with Gasteiger partial charge in [0, 0.05) is 10.3 Å². The molecule has 1 fully saturated rings. The molecule has 7 heteroatoms. The number of nitrogens with one attached hydrogen (secondary N) is 1. The highest BCUT2D eigenvalue weighted by atomic mass is 32.2. The Morgan fingerprint density at radius 2 is 2.00 bits per heavy atom. The number of carbonyl (C=O) groups is 1. The standard InChI is InChI=1S/C21H24N4OS2/c1-3-24-9-11-25(12-10-24)21(26)15(2)27-19-17-13-18(16-7-5-4-6-8-16)28-20(17)23-14-22-19/h4-8,13-15H,3,9-12H2,1-2H3/p+1/t15-/m1/s1. The van der Waals surface area contributed by atoms with Crippen LogP contribution in [0.25, 0.3) is 20.7 Å². The van der Waals surface area contributed by atoms with Crippen molar-refractivity contribution in [2.75, 3.05) is 32.7 Å². The van der Waals surface area contributed by atoms with Crippen molar-refractivity contribution in [3.63, 3.8) is 0 Å². The number of amides is 1. The Balaban J connectivity index is 1.51. The number of thiophene rings is 1. The van der Waals surface area contributed by atoms with Crippen LogP contribution in [0, 0.1) is 0 Å². The lowest BCUT2D eigenvalue weighted by molar-refractivity contribution is -0.902. The van der Waals surface area contributed by atoms with Crippen LogP contribution < -0.4 is 4.90 Å². The normalized spacial score (nSPS) is 16.4. The van der Waals surface area contributed by atoms with E-state index in [1.54, 1.807) is 34.3 Å². The van der Waals surface area contributed by atoms with E-state index in [0.29, 0.717) is 0 Å². The quantitative estimate of drug-likeness (QED) is 0.516. The highest BCUT2D eigenvalue weighted by Crippen LogP contribution is 2.37. The molecule has 1 N–H and O–H groups in total. The molecule has 5 nitrogen and oxygen atoms in total. The summed E-state index contributed by atoms with van der Waals surface area (Å²) in [6.07, 6.45) is 1.61. The molecule has 0 aliphatic carbocycles. The van der Waals surface area contributed by atoms with E-state index < -0.39 is 0 Å². The fourth-order valence-electron chi connectivity index (χ4n) is 3.54.